The van der Waals surface area contributed by atoms with Gasteiger partial charge in [-0.05, 0) is 24.6 Å². The molecule has 1 aromatic heterocycles. The molecule has 0 radical (unpaired) electrons. The minimum Gasteiger partial charge on any atom is -0.497 e. The van der Waals surface area contributed by atoms with E-state index in [1.807, 2.05) is 37.3 Å². The van der Waals surface area contributed by atoms with Crippen molar-refractivity contribution in [2.24, 2.45) is 0 Å². The second kappa shape index (κ2) is 8.85. The largest absolute Gasteiger partial charge is 0.497 e. The molecule has 0 saturated carbocycles. The van der Waals surface area contributed by atoms with Gasteiger partial charge in [-0.3, -0.25) is 4.79 Å². The van der Waals surface area contributed by atoms with E-state index in [1.54, 1.807) is 32.4 Å². The maximum atomic E-state index is 12.4. The Bertz CT molecular complexity index is 958. The van der Waals surface area contributed by atoms with Gasteiger partial charge in [0.05, 0.1) is 19.9 Å². The zero-order valence-electron chi connectivity index (χ0n) is 16.0. The minimum atomic E-state index is -0.271. The summed E-state index contributed by atoms with van der Waals surface area (Å²) in [6, 6.07) is 15.0. The highest BCUT2D eigenvalue weighted by molar-refractivity contribution is 5.93. The first-order valence-electron chi connectivity index (χ1n) is 8.74. The van der Waals surface area contributed by atoms with E-state index in [0.717, 1.165) is 5.56 Å². The molecule has 0 atom stereocenters. The first-order chi connectivity index (χ1) is 13.6. The molecule has 1 heterocycles. The number of carbonyl (C=O) groups excluding carboxylic acids is 1. The quantitative estimate of drug-likeness (QED) is 0.655. The van der Waals surface area contributed by atoms with Gasteiger partial charge in [-0.1, -0.05) is 29.8 Å². The Morgan fingerprint density at radius 2 is 1.79 bits per heavy atom. The third-order valence-electron chi connectivity index (χ3n) is 4.14. The summed E-state index contributed by atoms with van der Waals surface area (Å²) in [6.45, 7) is 2.45. The van der Waals surface area contributed by atoms with Crippen molar-refractivity contribution in [2.75, 3.05) is 19.5 Å². The van der Waals surface area contributed by atoms with Gasteiger partial charge >= 0.3 is 0 Å². The average Bonchev–Trinajstić information content (AvgIpc) is 2.73. The van der Waals surface area contributed by atoms with Crippen LogP contribution in [-0.4, -0.2) is 30.1 Å². The molecule has 2 N–H and O–H groups in total. The lowest BCUT2D eigenvalue weighted by Crippen LogP contribution is -2.24. The van der Waals surface area contributed by atoms with E-state index in [1.165, 1.54) is 11.9 Å². The fourth-order valence-corrected chi connectivity index (χ4v) is 2.57. The molecule has 2 aromatic carbocycles. The summed E-state index contributed by atoms with van der Waals surface area (Å²) < 4.78 is 10.6. The van der Waals surface area contributed by atoms with E-state index in [0.29, 0.717) is 29.5 Å². The summed E-state index contributed by atoms with van der Waals surface area (Å²) in [7, 11) is 3.16. The number of rotatable bonds is 7. The number of benzene rings is 2. The van der Waals surface area contributed by atoms with E-state index >= 15 is 0 Å². The smallest absolute Gasteiger partial charge is 0.270 e. The number of anilines is 2. The minimum absolute atomic E-state index is 0.271. The topological polar surface area (TPSA) is 85.4 Å². The van der Waals surface area contributed by atoms with Crippen LogP contribution in [0.4, 0.5) is 11.5 Å². The molecule has 0 aliphatic heterocycles. The van der Waals surface area contributed by atoms with E-state index in [2.05, 4.69) is 20.6 Å². The van der Waals surface area contributed by atoms with E-state index in [4.69, 9.17) is 9.47 Å². The van der Waals surface area contributed by atoms with Crippen LogP contribution in [0.25, 0.3) is 0 Å². The molecule has 0 fully saturated rings. The molecule has 0 unspecified atom stereocenters. The Morgan fingerprint density at radius 1 is 1.00 bits per heavy atom. The van der Waals surface area contributed by atoms with Crippen LogP contribution in [-0.2, 0) is 6.54 Å². The summed E-state index contributed by atoms with van der Waals surface area (Å²) in [6.07, 6.45) is 1.35. The van der Waals surface area contributed by atoms with Crippen molar-refractivity contribution < 1.29 is 14.3 Å². The summed E-state index contributed by atoms with van der Waals surface area (Å²) in [5, 5.41) is 6.00. The van der Waals surface area contributed by atoms with Gasteiger partial charge in [-0.25, -0.2) is 9.97 Å². The van der Waals surface area contributed by atoms with Crippen LogP contribution in [0.5, 0.6) is 11.5 Å². The van der Waals surface area contributed by atoms with Gasteiger partial charge in [-0.15, -0.1) is 0 Å². The summed E-state index contributed by atoms with van der Waals surface area (Å²) in [5.41, 5.74) is 3.18. The van der Waals surface area contributed by atoms with Crippen LogP contribution in [0.2, 0.25) is 0 Å². The Balaban J connectivity index is 1.69. The average molecular weight is 378 g/mol. The fourth-order valence-electron chi connectivity index (χ4n) is 2.57. The summed E-state index contributed by atoms with van der Waals surface area (Å²) in [4.78, 5) is 20.7. The van der Waals surface area contributed by atoms with Crippen molar-refractivity contribution in [2.45, 2.75) is 13.5 Å². The van der Waals surface area contributed by atoms with Crippen LogP contribution in [0, 0.1) is 6.92 Å². The molecule has 3 aromatic rings. The number of carbonyl (C=O) groups is 1. The molecule has 0 aliphatic carbocycles. The lowest BCUT2D eigenvalue weighted by atomic mass is 10.1. The third-order valence-corrected chi connectivity index (χ3v) is 4.14. The highest BCUT2D eigenvalue weighted by Gasteiger charge is 2.11. The molecular weight excluding hydrogens is 356 g/mol. The molecular formula is C21H22N4O3. The third kappa shape index (κ3) is 4.76. The van der Waals surface area contributed by atoms with Crippen molar-refractivity contribution in [1.82, 2.24) is 15.3 Å². The number of methoxy groups -OCH3 is 2. The highest BCUT2D eigenvalue weighted by Crippen LogP contribution is 2.30. The first kappa shape index (κ1) is 19.2. The van der Waals surface area contributed by atoms with Crippen molar-refractivity contribution in [3.8, 4) is 11.5 Å². The Kier molecular flexibility index (Phi) is 6.06. The summed E-state index contributed by atoms with van der Waals surface area (Å²) in [5.74, 6) is 1.50. The van der Waals surface area contributed by atoms with Gasteiger partial charge in [0, 0.05) is 18.7 Å². The number of ether oxygens (including phenoxy) is 2. The monoisotopic (exact) mass is 378 g/mol. The molecule has 7 nitrogen and oxygen atoms in total. The Morgan fingerprint density at radius 3 is 2.50 bits per heavy atom. The lowest BCUT2D eigenvalue weighted by molar-refractivity contribution is 0.0946. The molecule has 0 bridgehead atoms. The predicted octanol–water partition coefficient (Wildman–Crippen LogP) is 3.48. The van der Waals surface area contributed by atoms with Crippen molar-refractivity contribution >= 4 is 17.4 Å². The maximum Gasteiger partial charge on any atom is 0.270 e. The van der Waals surface area contributed by atoms with Crippen LogP contribution in [0.1, 0.15) is 21.6 Å². The lowest BCUT2D eigenvalue weighted by Gasteiger charge is -2.12. The predicted molar refractivity (Wildman–Crippen MR) is 107 cm³/mol. The van der Waals surface area contributed by atoms with E-state index < -0.39 is 0 Å². The van der Waals surface area contributed by atoms with Crippen LogP contribution in [0.3, 0.4) is 0 Å². The fraction of sp³-hybridized carbons (Fsp3) is 0.190. The molecule has 1 amide bonds. The second-order valence-electron chi connectivity index (χ2n) is 6.15. The molecule has 0 aliphatic rings. The Labute approximate surface area is 163 Å². The molecule has 0 spiro atoms. The number of nitrogens with zero attached hydrogens (tertiary/aromatic N) is 2. The standard InChI is InChI=1S/C21H22N4O3/c1-14-4-6-15(7-5-14)12-22-21(26)18-11-20(24-13-23-18)25-17-9-8-16(27-2)10-19(17)28-3/h4-11,13H,12H2,1-3H3,(H,22,26)(H,23,24,25). The van der Waals surface area contributed by atoms with E-state index in [-0.39, 0.29) is 11.6 Å². The first-order valence-corrected chi connectivity index (χ1v) is 8.74. The number of hydrogen-bond acceptors (Lipinski definition) is 6. The number of aryl methyl sites for hydroxylation is 1. The van der Waals surface area contributed by atoms with Gasteiger partial charge in [0.15, 0.2) is 0 Å². The molecule has 7 heteroatoms. The van der Waals surface area contributed by atoms with Crippen LogP contribution >= 0.6 is 0 Å². The SMILES string of the molecule is COc1ccc(Nc2cc(C(=O)NCc3ccc(C)cc3)ncn2)c(OC)c1. The van der Waals surface area contributed by atoms with Gasteiger partial charge in [0.1, 0.15) is 29.3 Å². The number of nitrogens with one attached hydrogen (secondary N) is 2. The molecule has 28 heavy (non-hydrogen) atoms. The van der Waals surface area contributed by atoms with Gasteiger partial charge in [-0.2, -0.15) is 0 Å². The van der Waals surface area contributed by atoms with Crippen molar-refractivity contribution in [3.05, 3.63) is 71.7 Å². The van der Waals surface area contributed by atoms with Gasteiger partial charge in [0.2, 0.25) is 0 Å². The van der Waals surface area contributed by atoms with Gasteiger partial charge < -0.3 is 20.1 Å². The highest BCUT2D eigenvalue weighted by atomic mass is 16.5. The van der Waals surface area contributed by atoms with Crippen LogP contribution in [0.15, 0.2) is 54.9 Å². The zero-order chi connectivity index (χ0) is 19.9. The molecule has 144 valence electrons. The summed E-state index contributed by atoms with van der Waals surface area (Å²) >= 11 is 0. The van der Waals surface area contributed by atoms with Crippen molar-refractivity contribution in [3.63, 3.8) is 0 Å². The number of aromatic nitrogens is 2. The Hall–Kier alpha value is -3.61. The normalized spacial score (nSPS) is 10.2. The zero-order valence-corrected chi connectivity index (χ0v) is 16.0. The maximum absolute atomic E-state index is 12.4. The number of amides is 1. The van der Waals surface area contributed by atoms with Gasteiger partial charge in [0.25, 0.3) is 5.91 Å². The molecule has 0 saturated heterocycles. The van der Waals surface area contributed by atoms with Crippen molar-refractivity contribution in [1.29, 1.82) is 0 Å². The number of hydrogen-bond donors (Lipinski definition) is 2. The van der Waals surface area contributed by atoms with E-state index in [9.17, 15) is 4.79 Å². The second-order valence-corrected chi connectivity index (χ2v) is 6.15. The van der Waals surface area contributed by atoms with Crippen LogP contribution < -0.4 is 20.1 Å². The molecule has 3 rings (SSSR count).